The summed E-state index contributed by atoms with van der Waals surface area (Å²) in [5.41, 5.74) is 0. The predicted octanol–water partition coefficient (Wildman–Crippen LogP) is 0.742. The summed E-state index contributed by atoms with van der Waals surface area (Å²) in [6, 6.07) is 0. The first-order valence-electron chi connectivity index (χ1n) is 12.5. The second-order valence-corrected chi connectivity index (χ2v) is 9.89. The summed E-state index contributed by atoms with van der Waals surface area (Å²) < 4.78 is 0. The monoisotopic (exact) mass is 558 g/mol. The summed E-state index contributed by atoms with van der Waals surface area (Å²) in [5, 5.41) is 9.89. The van der Waals surface area contributed by atoms with E-state index in [-0.39, 0.29) is 0 Å². The third kappa shape index (κ3) is 23.6. The summed E-state index contributed by atoms with van der Waals surface area (Å²) in [6.45, 7) is 3.81. The van der Waals surface area contributed by atoms with E-state index in [1.54, 1.807) is 32.4 Å². The number of rotatable bonds is 5. The van der Waals surface area contributed by atoms with E-state index in [4.69, 9.17) is 0 Å². The third-order valence-corrected chi connectivity index (χ3v) is 4.53. The van der Waals surface area contributed by atoms with Crippen LogP contribution in [0.4, 0.5) is 0 Å². The molecule has 0 aliphatic heterocycles. The van der Waals surface area contributed by atoms with E-state index in [2.05, 4.69) is 26.7 Å². The van der Waals surface area contributed by atoms with Crippen LogP contribution in [0.5, 0.6) is 0 Å². The zero-order chi connectivity index (χ0) is 32.0. The van der Waals surface area contributed by atoms with Crippen molar-refractivity contribution in [2.75, 3.05) is 141 Å². The molecule has 0 aromatic rings. The van der Waals surface area contributed by atoms with Crippen LogP contribution in [0.25, 0.3) is 0 Å². The normalized spacial score (nSPS) is 10.6. The Bertz CT molecular complexity index is 712. The van der Waals surface area contributed by atoms with Crippen LogP contribution in [-0.2, 0) is 0 Å². The molecule has 0 atom stereocenters. The SMILES string of the molecule is C=C(N(C)C)N(C)C.CN=C(N(C)C)N(C)C.CN=C(N(C)C)N(C)N(C)C.CN=C/C(=N/N(C)C)N(C)C. The van der Waals surface area contributed by atoms with Crippen LogP contribution in [-0.4, -0.2) is 209 Å². The molecule has 0 heterocycles. The highest BCUT2D eigenvalue weighted by Crippen LogP contribution is 1.95. The second kappa shape index (κ2) is 23.9. The molecule has 0 saturated carbocycles. The Kier molecular flexibility index (Phi) is 26.2. The van der Waals surface area contributed by atoms with Crippen LogP contribution in [0, 0.1) is 0 Å². The topological polar surface area (TPSA) is 78.6 Å². The molecule has 0 rings (SSSR count). The molecule has 0 amide bonds. The minimum Gasteiger partial charge on any atom is -0.365 e. The van der Waals surface area contributed by atoms with E-state index in [1.165, 1.54) is 0 Å². The molecule has 0 aromatic carbocycles. The Hall–Kier alpha value is -3.22. The van der Waals surface area contributed by atoms with Gasteiger partial charge in [0.25, 0.3) is 0 Å². The van der Waals surface area contributed by atoms with Crippen molar-refractivity contribution >= 4 is 24.0 Å². The molecular weight excluding hydrogens is 494 g/mol. The maximum Gasteiger partial charge on any atom is 0.210 e. The fourth-order valence-electron chi connectivity index (χ4n) is 2.56. The highest BCUT2D eigenvalue weighted by atomic mass is 15.6. The smallest absolute Gasteiger partial charge is 0.210 e. The van der Waals surface area contributed by atoms with E-state index in [0.717, 1.165) is 23.6 Å². The number of amidine groups is 1. The van der Waals surface area contributed by atoms with E-state index in [0.29, 0.717) is 0 Å². The number of hydrogen-bond donors (Lipinski definition) is 0. The van der Waals surface area contributed by atoms with Crippen LogP contribution < -0.4 is 0 Å². The molecule has 0 unspecified atom stereocenters. The maximum atomic E-state index is 4.19. The van der Waals surface area contributed by atoms with Crippen molar-refractivity contribution in [3.05, 3.63) is 12.4 Å². The average molecular weight is 558 g/mol. The van der Waals surface area contributed by atoms with E-state index < -0.39 is 0 Å². The highest BCUT2D eigenvalue weighted by molar-refractivity contribution is 6.29. The van der Waals surface area contributed by atoms with Crippen LogP contribution >= 0.6 is 0 Å². The third-order valence-electron chi connectivity index (χ3n) is 4.53. The second-order valence-electron chi connectivity index (χ2n) is 9.89. The van der Waals surface area contributed by atoms with Crippen LogP contribution in [0.2, 0.25) is 0 Å². The van der Waals surface area contributed by atoms with Gasteiger partial charge in [-0.25, -0.2) is 5.01 Å². The van der Waals surface area contributed by atoms with Gasteiger partial charge in [0.15, 0.2) is 11.8 Å². The van der Waals surface area contributed by atoms with Crippen LogP contribution in [0.1, 0.15) is 0 Å². The quantitative estimate of drug-likeness (QED) is 0.276. The summed E-state index contributed by atoms with van der Waals surface area (Å²) in [6.07, 6.45) is 1.72. The Balaban J connectivity index is -0.000000211. The van der Waals surface area contributed by atoms with Crippen molar-refractivity contribution in [2.45, 2.75) is 0 Å². The van der Waals surface area contributed by atoms with Gasteiger partial charge in [-0.2, -0.15) is 5.10 Å². The predicted molar refractivity (Wildman–Crippen MR) is 175 cm³/mol. The molecule has 0 radical (unpaired) electrons. The molecular formula is C26H63N13. The van der Waals surface area contributed by atoms with Gasteiger partial charge in [-0.3, -0.25) is 20.0 Å². The molecule has 0 bridgehead atoms. The lowest BCUT2D eigenvalue weighted by Gasteiger charge is -2.30. The molecule has 0 aliphatic carbocycles. The number of nitrogens with zero attached hydrogens (tertiary/aromatic N) is 13. The molecule has 13 nitrogen and oxygen atoms in total. The Morgan fingerprint density at radius 2 is 0.872 bits per heavy atom. The lowest BCUT2D eigenvalue weighted by Crippen LogP contribution is -2.45. The van der Waals surface area contributed by atoms with Crippen LogP contribution in [0.3, 0.4) is 0 Å². The van der Waals surface area contributed by atoms with E-state index in [9.17, 15) is 0 Å². The molecule has 0 saturated heterocycles. The van der Waals surface area contributed by atoms with Gasteiger partial charge in [-0.05, 0) is 0 Å². The molecule has 0 fully saturated rings. The van der Waals surface area contributed by atoms with E-state index in [1.807, 2.05) is 159 Å². The minimum atomic E-state index is 0.845. The van der Waals surface area contributed by atoms with Crippen molar-refractivity contribution in [1.29, 1.82) is 0 Å². The summed E-state index contributed by atoms with van der Waals surface area (Å²) in [7, 11) is 38.6. The fourth-order valence-corrected chi connectivity index (χ4v) is 2.56. The Labute approximate surface area is 242 Å². The van der Waals surface area contributed by atoms with Gasteiger partial charge >= 0.3 is 0 Å². The lowest BCUT2D eigenvalue weighted by atomic mass is 10.6. The van der Waals surface area contributed by atoms with Gasteiger partial charge in [0.1, 0.15) is 0 Å². The van der Waals surface area contributed by atoms with Gasteiger partial charge in [-0.15, -0.1) is 0 Å². The standard InChI is InChI=1S/C7H18N4.C7H16N4.C6H15N3.C6H14N2/c1-8-7(9(2)3)11(6)10(4)5;1-8-6-7(10(2)3)9-11(4)5;1-7-6(8(2)3)9(4)5;1-6(7(2)3)8(4)5/h1-6H3;6H,1-5H3;1-5H3;1H2,2-5H3/b;8-6?,9-7-;;. The van der Waals surface area contributed by atoms with Gasteiger partial charge in [0.2, 0.25) is 5.96 Å². The Morgan fingerprint density at radius 3 is 0.974 bits per heavy atom. The summed E-state index contributed by atoms with van der Waals surface area (Å²) >= 11 is 0. The fraction of sp³-hybridized carbons (Fsp3) is 0.769. The highest BCUT2D eigenvalue weighted by Gasteiger charge is 2.08. The molecule has 13 heteroatoms. The molecule has 232 valence electrons. The number of hydrazone groups is 1. The largest absolute Gasteiger partial charge is 0.365 e. The number of hydrazine groups is 1. The van der Waals surface area contributed by atoms with Crippen molar-refractivity contribution in [3.63, 3.8) is 0 Å². The van der Waals surface area contributed by atoms with E-state index >= 15 is 0 Å². The Morgan fingerprint density at radius 1 is 0.513 bits per heavy atom. The van der Waals surface area contributed by atoms with Crippen molar-refractivity contribution in [3.8, 4) is 0 Å². The van der Waals surface area contributed by atoms with Crippen molar-refractivity contribution in [2.24, 2.45) is 20.1 Å². The van der Waals surface area contributed by atoms with Crippen LogP contribution in [0.15, 0.2) is 32.5 Å². The summed E-state index contributed by atoms with van der Waals surface area (Å²) in [5.74, 6) is 3.78. The van der Waals surface area contributed by atoms with Gasteiger partial charge < -0.3 is 34.4 Å². The molecule has 39 heavy (non-hydrogen) atoms. The lowest BCUT2D eigenvalue weighted by molar-refractivity contribution is 0.128. The zero-order valence-electron chi connectivity index (χ0n) is 29.1. The minimum absolute atomic E-state index is 0.845. The average Bonchev–Trinajstić information content (AvgIpc) is 2.79. The van der Waals surface area contributed by atoms with Crippen molar-refractivity contribution < 1.29 is 0 Å². The van der Waals surface area contributed by atoms with Gasteiger partial charge in [0.05, 0.1) is 12.0 Å². The first kappa shape index (κ1) is 42.9. The summed E-state index contributed by atoms with van der Waals surface area (Å²) in [4.78, 5) is 23.8. The first-order valence-corrected chi connectivity index (χ1v) is 12.5. The van der Waals surface area contributed by atoms with Gasteiger partial charge in [-0.1, -0.05) is 6.58 Å². The number of guanidine groups is 2. The molecule has 0 aliphatic rings. The van der Waals surface area contributed by atoms with Gasteiger partial charge in [0, 0.05) is 141 Å². The first-order chi connectivity index (χ1) is 17.7. The number of aliphatic imine (C=N–C) groups is 3. The zero-order valence-corrected chi connectivity index (χ0v) is 29.1. The molecule has 0 N–H and O–H groups in total. The van der Waals surface area contributed by atoms with Crippen molar-refractivity contribution in [1.82, 2.24) is 44.4 Å². The maximum absolute atomic E-state index is 4.19. The number of hydrogen-bond acceptors (Lipinski definition) is 8. The molecule has 0 aromatic heterocycles. The molecule has 0 spiro atoms.